The van der Waals surface area contributed by atoms with Crippen LogP contribution >= 0.6 is 34.8 Å². The minimum Gasteiger partial charge on any atom is -0.321 e. The standard InChI is InChI=1S/C16H21Cl3N2O/c17-16(18,19)15(20-13-9-5-2-6-10-13)21-14(22)11-12-7-3-1-4-8-12/h1,3-4,7-8,13,15,20H,2,5-6,9-11H2,(H,21,22)/p+1/t15-/m0/s1. The molecule has 1 fully saturated rings. The van der Waals surface area contributed by atoms with Crippen molar-refractivity contribution in [2.24, 2.45) is 0 Å². The first-order chi connectivity index (χ1) is 10.4. The fraction of sp³-hybridized carbons (Fsp3) is 0.562. The van der Waals surface area contributed by atoms with Gasteiger partial charge in [-0.25, -0.2) is 0 Å². The Morgan fingerprint density at radius 2 is 1.82 bits per heavy atom. The molecule has 1 atom stereocenters. The van der Waals surface area contributed by atoms with Gasteiger partial charge in [0.25, 0.3) is 3.79 Å². The van der Waals surface area contributed by atoms with Crippen molar-refractivity contribution < 1.29 is 10.1 Å². The molecule has 3 nitrogen and oxygen atoms in total. The number of nitrogens with one attached hydrogen (secondary N) is 1. The lowest BCUT2D eigenvalue weighted by Gasteiger charge is -2.29. The number of nitrogens with two attached hydrogens (primary N) is 1. The highest BCUT2D eigenvalue weighted by Crippen LogP contribution is 2.28. The summed E-state index contributed by atoms with van der Waals surface area (Å²) in [5.41, 5.74) is 0.945. The van der Waals surface area contributed by atoms with Crippen molar-refractivity contribution in [3.8, 4) is 0 Å². The Morgan fingerprint density at radius 1 is 1.18 bits per heavy atom. The van der Waals surface area contributed by atoms with Crippen molar-refractivity contribution in [1.82, 2.24) is 5.32 Å². The van der Waals surface area contributed by atoms with Crippen LogP contribution in [-0.2, 0) is 11.2 Å². The van der Waals surface area contributed by atoms with E-state index < -0.39 is 9.96 Å². The molecule has 6 heteroatoms. The van der Waals surface area contributed by atoms with Gasteiger partial charge in [-0.05, 0) is 31.2 Å². The van der Waals surface area contributed by atoms with Crippen LogP contribution in [0, 0.1) is 0 Å². The minimum absolute atomic E-state index is 0.130. The van der Waals surface area contributed by atoms with Crippen LogP contribution in [0.3, 0.4) is 0 Å². The molecule has 0 unspecified atom stereocenters. The van der Waals surface area contributed by atoms with Crippen LogP contribution in [0.2, 0.25) is 0 Å². The Kier molecular flexibility index (Phi) is 6.82. The van der Waals surface area contributed by atoms with Crippen LogP contribution < -0.4 is 10.6 Å². The maximum atomic E-state index is 12.2. The third-order valence-electron chi connectivity index (χ3n) is 3.99. The molecule has 0 bridgehead atoms. The summed E-state index contributed by atoms with van der Waals surface area (Å²) in [7, 11) is 0. The predicted octanol–water partition coefficient (Wildman–Crippen LogP) is 2.94. The number of rotatable bonds is 5. The van der Waals surface area contributed by atoms with E-state index >= 15 is 0 Å². The number of carbonyl (C=O) groups is 1. The van der Waals surface area contributed by atoms with E-state index in [1.807, 2.05) is 35.6 Å². The summed E-state index contributed by atoms with van der Waals surface area (Å²) in [6.07, 6.45) is 5.60. The minimum atomic E-state index is -1.52. The lowest BCUT2D eigenvalue weighted by atomic mass is 9.95. The van der Waals surface area contributed by atoms with E-state index in [4.69, 9.17) is 34.8 Å². The number of alkyl halides is 3. The summed E-state index contributed by atoms with van der Waals surface area (Å²) in [6, 6.07) is 9.96. The highest BCUT2D eigenvalue weighted by atomic mass is 35.6. The second-order valence-corrected chi connectivity index (χ2v) is 8.21. The Morgan fingerprint density at radius 3 is 2.41 bits per heavy atom. The van der Waals surface area contributed by atoms with E-state index in [2.05, 4.69) is 5.32 Å². The zero-order valence-corrected chi connectivity index (χ0v) is 14.7. The van der Waals surface area contributed by atoms with Crippen molar-refractivity contribution in [1.29, 1.82) is 0 Å². The quantitative estimate of drug-likeness (QED) is 0.612. The molecule has 122 valence electrons. The van der Waals surface area contributed by atoms with Crippen molar-refractivity contribution >= 4 is 40.7 Å². The number of benzene rings is 1. The van der Waals surface area contributed by atoms with Gasteiger partial charge in [-0.2, -0.15) is 0 Å². The molecular weight excluding hydrogens is 343 g/mol. The second-order valence-electron chi connectivity index (χ2n) is 5.84. The first kappa shape index (κ1) is 17.9. The molecule has 1 aliphatic rings. The number of hydrogen-bond donors (Lipinski definition) is 2. The average Bonchev–Trinajstić information content (AvgIpc) is 2.48. The largest absolute Gasteiger partial charge is 0.321 e. The average molecular weight is 365 g/mol. The number of carbonyl (C=O) groups excluding carboxylic acids is 1. The molecule has 1 saturated carbocycles. The number of quaternary nitrogens is 1. The van der Waals surface area contributed by atoms with Gasteiger partial charge < -0.3 is 10.6 Å². The Balaban J connectivity index is 1.92. The summed E-state index contributed by atoms with van der Waals surface area (Å²) < 4.78 is -1.52. The van der Waals surface area contributed by atoms with Crippen molar-refractivity contribution in [2.75, 3.05) is 0 Å². The Labute approximate surface area is 146 Å². The molecule has 0 aliphatic heterocycles. The van der Waals surface area contributed by atoms with Gasteiger partial charge >= 0.3 is 0 Å². The first-order valence-electron chi connectivity index (χ1n) is 7.70. The molecule has 22 heavy (non-hydrogen) atoms. The highest BCUT2D eigenvalue weighted by molar-refractivity contribution is 6.68. The number of amides is 1. The number of halogens is 3. The van der Waals surface area contributed by atoms with Crippen LogP contribution in [0.5, 0.6) is 0 Å². The number of hydrogen-bond acceptors (Lipinski definition) is 1. The lowest BCUT2D eigenvalue weighted by Crippen LogP contribution is -3.00. The van der Waals surface area contributed by atoms with Gasteiger partial charge in [0.2, 0.25) is 12.1 Å². The molecule has 2 rings (SSSR count). The Bertz CT molecular complexity index is 470. The van der Waals surface area contributed by atoms with Gasteiger partial charge in [-0.1, -0.05) is 71.6 Å². The van der Waals surface area contributed by atoms with Crippen LogP contribution in [0.15, 0.2) is 30.3 Å². The van der Waals surface area contributed by atoms with E-state index in [1.165, 1.54) is 19.3 Å². The summed E-state index contributed by atoms with van der Waals surface area (Å²) >= 11 is 18.2. The summed E-state index contributed by atoms with van der Waals surface area (Å²) in [4.78, 5) is 12.2. The monoisotopic (exact) mass is 363 g/mol. The fourth-order valence-electron chi connectivity index (χ4n) is 2.84. The lowest BCUT2D eigenvalue weighted by molar-refractivity contribution is -0.726. The zero-order chi connectivity index (χ0) is 16.0. The summed E-state index contributed by atoms with van der Waals surface area (Å²) in [5.74, 6) is -0.130. The predicted molar refractivity (Wildman–Crippen MR) is 91.2 cm³/mol. The third-order valence-corrected chi connectivity index (χ3v) is 4.70. The van der Waals surface area contributed by atoms with Crippen molar-refractivity contribution in [3.63, 3.8) is 0 Å². The van der Waals surface area contributed by atoms with E-state index in [-0.39, 0.29) is 12.3 Å². The van der Waals surface area contributed by atoms with Gasteiger partial charge in [0.05, 0.1) is 12.5 Å². The normalized spacial score (nSPS) is 18.0. The van der Waals surface area contributed by atoms with E-state index in [0.29, 0.717) is 6.04 Å². The molecule has 0 heterocycles. The van der Waals surface area contributed by atoms with Gasteiger partial charge in [-0.15, -0.1) is 0 Å². The van der Waals surface area contributed by atoms with E-state index in [1.54, 1.807) is 0 Å². The smallest absolute Gasteiger partial charge is 0.262 e. The van der Waals surface area contributed by atoms with Gasteiger partial charge in [0.15, 0.2) is 0 Å². The van der Waals surface area contributed by atoms with Crippen molar-refractivity contribution in [3.05, 3.63) is 35.9 Å². The van der Waals surface area contributed by atoms with Crippen LogP contribution in [0.4, 0.5) is 0 Å². The molecule has 1 aromatic carbocycles. The maximum absolute atomic E-state index is 12.2. The first-order valence-corrected chi connectivity index (χ1v) is 8.83. The van der Waals surface area contributed by atoms with E-state index in [0.717, 1.165) is 18.4 Å². The fourth-order valence-corrected chi connectivity index (χ4v) is 3.23. The summed E-state index contributed by atoms with van der Waals surface area (Å²) in [6.45, 7) is 0. The van der Waals surface area contributed by atoms with Gasteiger partial charge in [0.1, 0.15) is 0 Å². The molecule has 0 spiro atoms. The van der Waals surface area contributed by atoms with Crippen LogP contribution in [0.1, 0.15) is 37.7 Å². The Hall–Kier alpha value is -0.480. The molecule has 1 amide bonds. The second kappa shape index (κ2) is 8.39. The van der Waals surface area contributed by atoms with Crippen molar-refractivity contribution in [2.45, 2.75) is 54.5 Å². The molecule has 0 radical (unpaired) electrons. The molecular formula is C16H22Cl3N2O+. The van der Waals surface area contributed by atoms with Gasteiger partial charge in [-0.3, -0.25) is 4.79 Å². The zero-order valence-electron chi connectivity index (χ0n) is 12.4. The molecule has 0 aromatic heterocycles. The van der Waals surface area contributed by atoms with Crippen LogP contribution in [-0.4, -0.2) is 21.9 Å². The third kappa shape index (κ3) is 5.96. The van der Waals surface area contributed by atoms with Crippen LogP contribution in [0.25, 0.3) is 0 Å². The molecule has 0 saturated heterocycles. The van der Waals surface area contributed by atoms with Gasteiger partial charge in [0, 0.05) is 0 Å². The SMILES string of the molecule is O=C(Cc1ccccc1)N[C@H]([NH2+]C1CCCCC1)C(Cl)(Cl)Cl. The molecule has 1 aromatic rings. The summed E-state index contributed by atoms with van der Waals surface area (Å²) in [5, 5.41) is 4.87. The molecule has 1 aliphatic carbocycles. The highest BCUT2D eigenvalue weighted by Gasteiger charge is 2.39. The molecule has 3 N–H and O–H groups in total. The van der Waals surface area contributed by atoms with E-state index in [9.17, 15) is 4.79 Å². The maximum Gasteiger partial charge on any atom is 0.262 e. The topological polar surface area (TPSA) is 45.7 Å².